The third-order valence-corrected chi connectivity index (χ3v) is 5.00. The summed E-state index contributed by atoms with van der Waals surface area (Å²) < 4.78 is 2.22. The highest BCUT2D eigenvalue weighted by molar-refractivity contribution is 5.92. The van der Waals surface area contributed by atoms with E-state index in [-0.39, 0.29) is 11.8 Å². The van der Waals surface area contributed by atoms with Crippen LogP contribution in [0.2, 0.25) is 0 Å². The van der Waals surface area contributed by atoms with E-state index in [0.717, 1.165) is 48.7 Å². The van der Waals surface area contributed by atoms with Crippen LogP contribution in [0.5, 0.6) is 0 Å². The van der Waals surface area contributed by atoms with Gasteiger partial charge in [-0.25, -0.2) is 0 Å². The molecule has 2 aliphatic rings. The minimum absolute atomic E-state index is 0.162. The van der Waals surface area contributed by atoms with Gasteiger partial charge in [0.2, 0.25) is 5.91 Å². The molecule has 23 heavy (non-hydrogen) atoms. The molecule has 1 aromatic heterocycles. The van der Waals surface area contributed by atoms with Gasteiger partial charge in [-0.2, -0.15) is 0 Å². The monoisotopic (exact) mass is 310 g/mol. The summed E-state index contributed by atoms with van der Waals surface area (Å²) in [6, 6.07) is 7.98. The fourth-order valence-corrected chi connectivity index (χ4v) is 3.66. The van der Waals surface area contributed by atoms with E-state index in [1.807, 2.05) is 24.3 Å². The Morgan fingerprint density at radius 1 is 1.04 bits per heavy atom. The van der Waals surface area contributed by atoms with Crippen molar-refractivity contribution in [1.29, 1.82) is 0 Å². The molecule has 1 aliphatic carbocycles. The van der Waals surface area contributed by atoms with E-state index < -0.39 is 0 Å². The summed E-state index contributed by atoms with van der Waals surface area (Å²) in [6.07, 6.45) is 7.80. The minimum atomic E-state index is 0.162. The Morgan fingerprint density at radius 3 is 2.61 bits per heavy atom. The number of aromatic nitrogens is 3. The van der Waals surface area contributed by atoms with Crippen molar-refractivity contribution in [2.75, 3.05) is 5.32 Å². The number of carbonyl (C=O) groups is 1. The fourth-order valence-electron chi connectivity index (χ4n) is 3.66. The number of aryl methyl sites for hydroxylation is 1. The van der Waals surface area contributed by atoms with Crippen LogP contribution in [0.3, 0.4) is 0 Å². The molecule has 120 valence electrons. The molecule has 1 amide bonds. The van der Waals surface area contributed by atoms with Crippen LogP contribution in [-0.4, -0.2) is 20.7 Å². The average Bonchev–Trinajstić information content (AvgIpc) is 3.25. The lowest BCUT2D eigenvalue weighted by Crippen LogP contribution is -2.20. The molecule has 2 aromatic rings. The number of carbonyl (C=O) groups excluding carboxylic acids is 1. The van der Waals surface area contributed by atoms with Crippen molar-refractivity contribution in [3.8, 4) is 11.4 Å². The van der Waals surface area contributed by atoms with E-state index >= 15 is 0 Å². The number of hydrogen-bond acceptors (Lipinski definition) is 3. The van der Waals surface area contributed by atoms with Crippen molar-refractivity contribution in [3.63, 3.8) is 0 Å². The molecule has 2 heterocycles. The van der Waals surface area contributed by atoms with Crippen LogP contribution in [0.25, 0.3) is 11.4 Å². The molecule has 1 N–H and O–H groups in total. The molecule has 0 spiro atoms. The zero-order valence-electron chi connectivity index (χ0n) is 13.3. The van der Waals surface area contributed by atoms with E-state index in [4.69, 9.17) is 0 Å². The summed E-state index contributed by atoms with van der Waals surface area (Å²) in [4.78, 5) is 12.2. The van der Waals surface area contributed by atoms with Gasteiger partial charge in [0.1, 0.15) is 5.82 Å². The normalized spacial score (nSPS) is 17.9. The zero-order chi connectivity index (χ0) is 15.6. The van der Waals surface area contributed by atoms with Gasteiger partial charge in [0.25, 0.3) is 0 Å². The quantitative estimate of drug-likeness (QED) is 0.945. The third kappa shape index (κ3) is 2.87. The van der Waals surface area contributed by atoms with E-state index in [9.17, 15) is 4.79 Å². The topological polar surface area (TPSA) is 59.8 Å². The van der Waals surface area contributed by atoms with Crippen LogP contribution >= 0.6 is 0 Å². The molecule has 1 aromatic carbocycles. The summed E-state index contributed by atoms with van der Waals surface area (Å²) in [5, 5.41) is 11.7. The third-order valence-electron chi connectivity index (χ3n) is 5.00. The zero-order valence-corrected chi connectivity index (χ0v) is 13.3. The van der Waals surface area contributed by atoms with Crippen LogP contribution in [0, 0.1) is 5.92 Å². The van der Waals surface area contributed by atoms with Crippen LogP contribution in [0.1, 0.15) is 44.3 Å². The molecule has 5 nitrogen and oxygen atoms in total. The van der Waals surface area contributed by atoms with Crippen LogP contribution in [0.15, 0.2) is 24.3 Å². The smallest absolute Gasteiger partial charge is 0.227 e. The number of nitrogens with one attached hydrogen (secondary N) is 1. The molecule has 0 bridgehead atoms. The van der Waals surface area contributed by atoms with Crippen molar-refractivity contribution in [3.05, 3.63) is 30.1 Å². The summed E-state index contributed by atoms with van der Waals surface area (Å²) in [5.74, 6) is 2.38. The number of amides is 1. The molecule has 0 atom stereocenters. The summed E-state index contributed by atoms with van der Waals surface area (Å²) in [7, 11) is 0. The second kappa shape index (κ2) is 6.14. The first-order chi connectivity index (χ1) is 11.3. The Balaban J connectivity index is 1.49. The number of anilines is 1. The largest absolute Gasteiger partial charge is 0.326 e. The van der Waals surface area contributed by atoms with E-state index in [0.29, 0.717) is 0 Å². The highest BCUT2D eigenvalue weighted by atomic mass is 16.1. The highest BCUT2D eigenvalue weighted by Gasteiger charge is 2.22. The lowest BCUT2D eigenvalue weighted by Gasteiger charge is -2.15. The Kier molecular flexibility index (Phi) is 3.85. The first-order valence-electron chi connectivity index (χ1n) is 8.64. The first-order valence-corrected chi connectivity index (χ1v) is 8.64. The number of nitrogens with zero attached hydrogens (tertiary/aromatic N) is 3. The summed E-state index contributed by atoms with van der Waals surface area (Å²) in [6.45, 7) is 0.998. The number of benzene rings is 1. The van der Waals surface area contributed by atoms with Crippen molar-refractivity contribution >= 4 is 11.6 Å². The van der Waals surface area contributed by atoms with Gasteiger partial charge in [0, 0.05) is 30.1 Å². The van der Waals surface area contributed by atoms with E-state index in [1.54, 1.807) is 0 Å². The summed E-state index contributed by atoms with van der Waals surface area (Å²) in [5.41, 5.74) is 1.92. The molecular weight excluding hydrogens is 288 g/mol. The SMILES string of the molecule is O=C(Nc1ccc(-c2nnc3n2CCCC3)cc1)C1CCCC1. The van der Waals surface area contributed by atoms with E-state index in [1.165, 1.54) is 25.7 Å². The number of fused-ring (bicyclic) bond motifs is 1. The van der Waals surface area contributed by atoms with Gasteiger partial charge < -0.3 is 9.88 Å². The first kappa shape index (κ1) is 14.4. The predicted molar refractivity (Wildman–Crippen MR) is 89.0 cm³/mol. The number of hydrogen-bond donors (Lipinski definition) is 1. The van der Waals surface area contributed by atoms with Crippen LogP contribution in [0.4, 0.5) is 5.69 Å². The molecule has 1 saturated carbocycles. The van der Waals surface area contributed by atoms with Crippen molar-refractivity contribution in [1.82, 2.24) is 14.8 Å². The van der Waals surface area contributed by atoms with Gasteiger partial charge in [-0.1, -0.05) is 12.8 Å². The fraction of sp³-hybridized carbons (Fsp3) is 0.500. The molecule has 1 aliphatic heterocycles. The molecule has 0 radical (unpaired) electrons. The molecule has 1 fully saturated rings. The van der Waals surface area contributed by atoms with Gasteiger partial charge in [-0.15, -0.1) is 10.2 Å². The molecule has 0 unspecified atom stereocenters. The van der Waals surface area contributed by atoms with Gasteiger partial charge in [-0.05, 0) is 49.9 Å². The molecular formula is C18H22N4O. The maximum atomic E-state index is 12.2. The second-order valence-corrected chi connectivity index (χ2v) is 6.60. The van der Waals surface area contributed by atoms with Gasteiger partial charge in [0.05, 0.1) is 0 Å². The second-order valence-electron chi connectivity index (χ2n) is 6.60. The van der Waals surface area contributed by atoms with Crippen LogP contribution < -0.4 is 5.32 Å². The highest BCUT2D eigenvalue weighted by Crippen LogP contribution is 2.27. The van der Waals surface area contributed by atoms with Gasteiger partial charge in [0.15, 0.2) is 5.82 Å². The van der Waals surface area contributed by atoms with Crippen molar-refractivity contribution < 1.29 is 4.79 Å². The minimum Gasteiger partial charge on any atom is -0.326 e. The Labute approximate surface area is 136 Å². The van der Waals surface area contributed by atoms with E-state index in [2.05, 4.69) is 20.1 Å². The van der Waals surface area contributed by atoms with Crippen LogP contribution in [-0.2, 0) is 17.8 Å². The lowest BCUT2D eigenvalue weighted by molar-refractivity contribution is -0.119. The molecule has 5 heteroatoms. The van der Waals surface area contributed by atoms with Crippen molar-refractivity contribution in [2.45, 2.75) is 51.5 Å². The van der Waals surface area contributed by atoms with Gasteiger partial charge in [-0.3, -0.25) is 4.79 Å². The molecule has 4 rings (SSSR count). The Morgan fingerprint density at radius 2 is 1.83 bits per heavy atom. The molecule has 0 saturated heterocycles. The maximum absolute atomic E-state index is 12.2. The van der Waals surface area contributed by atoms with Gasteiger partial charge >= 0.3 is 0 Å². The Hall–Kier alpha value is -2.17. The number of rotatable bonds is 3. The predicted octanol–water partition coefficient (Wildman–Crippen LogP) is 3.41. The standard InChI is InChI=1S/C18H22N4O/c23-18(14-5-1-2-6-14)19-15-10-8-13(9-11-15)17-21-20-16-7-3-4-12-22(16)17/h8-11,14H,1-7,12H2,(H,19,23). The van der Waals surface area contributed by atoms with Crippen molar-refractivity contribution in [2.24, 2.45) is 5.92 Å². The summed E-state index contributed by atoms with van der Waals surface area (Å²) >= 11 is 0. The maximum Gasteiger partial charge on any atom is 0.227 e. The Bertz CT molecular complexity index is 698. The average molecular weight is 310 g/mol. The lowest BCUT2D eigenvalue weighted by atomic mass is 10.1.